The predicted octanol–water partition coefficient (Wildman–Crippen LogP) is -0.219. The highest BCUT2D eigenvalue weighted by atomic mass is 32.2. The molecular formula is C3H3N3O3S2. The highest BCUT2D eigenvalue weighted by Crippen LogP contribution is 2.02. The van der Waals surface area contributed by atoms with Crippen LogP contribution in [0.1, 0.15) is 0 Å². The van der Waals surface area contributed by atoms with Crippen molar-refractivity contribution in [2.24, 2.45) is 0 Å². The number of nitrogens with zero attached hydrogens (tertiary/aromatic N) is 2. The van der Waals surface area contributed by atoms with Crippen LogP contribution in [0.25, 0.3) is 0 Å². The van der Waals surface area contributed by atoms with Crippen LogP contribution in [0.5, 0.6) is 0 Å². The third-order valence-corrected chi connectivity index (χ3v) is 2.07. The van der Waals surface area contributed by atoms with Crippen LogP contribution in [0.2, 0.25) is 0 Å². The summed E-state index contributed by atoms with van der Waals surface area (Å²) < 4.78 is 29.2. The number of rotatable bonds is 1. The standard InChI is InChI=1S/C3H3N3O3S2/c7-11(8,9)3-2(10)1-4-6-5-3/h1H,(H,6,10)(H,7,8,9). The van der Waals surface area contributed by atoms with Crippen molar-refractivity contribution in [1.29, 1.82) is 0 Å². The first kappa shape index (κ1) is 8.24. The van der Waals surface area contributed by atoms with E-state index in [-0.39, 0.29) is 4.51 Å². The Labute approximate surface area is 67.0 Å². The van der Waals surface area contributed by atoms with Gasteiger partial charge in [-0.2, -0.15) is 18.7 Å². The van der Waals surface area contributed by atoms with Gasteiger partial charge in [0.2, 0.25) is 5.03 Å². The fourth-order valence-corrected chi connectivity index (χ4v) is 1.33. The second kappa shape index (κ2) is 2.64. The number of nitrogens with one attached hydrogen (secondary N) is 1. The summed E-state index contributed by atoms with van der Waals surface area (Å²) >= 11 is 4.52. The number of H-pyrrole nitrogens is 1. The molecule has 8 heteroatoms. The molecule has 0 atom stereocenters. The average Bonchev–Trinajstić information content (AvgIpc) is 1.86. The Balaban J connectivity index is 3.50. The van der Waals surface area contributed by atoms with E-state index in [4.69, 9.17) is 4.55 Å². The smallest absolute Gasteiger partial charge is 0.281 e. The fourth-order valence-electron chi connectivity index (χ4n) is 0.457. The largest absolute Gasteiger partial charge is 0.315 e. The maximum absolute atomic E-state index is 10.4. The second-order valence-electron chi connectivity index (χ2n) is 1.61. The molecule has 1 aromatic rings. The van der Waals surface area contributed by atoms with Gasteiger partial charge in [-0.05, 0) is 0 Å². The molecule has 1 heterocycles. The van der Waals surface area contributed by atoms with Crippen molar-refractivity contribution in [3.05, 3.63) is 10.7 Å². The van der Waals surface area contributed by atoms with E-state index >= 15 is 0 Å². The van der Waals surface area contributed by atoms with Crippen LogP contribution in [0.15, 0.2) is 11.2 Å². The molecule has 60 valence electrons. The van der Waals surface area contributed by atoms with E-state index in [1.54, 1.807) is 0 Å². The maximum atomic E-state index is 10.4. The van der Waals surface area contributed by atoms with E-state index in [0.717, 1.165) is 6.20 Å². The topological polar surface area (TPSA) is 95.9 Å². The van der Waals surface area contributed by atoms with Gasteiger partial charge in [0.1, 0.15) is 0 Å². The van der Waals surface area contributed by atoms with E-state index in [2.05, 4.69) is 22.4 Å². The van der Waals surface area contributed by atoms with Crippen LogP contribution in [0.4, 0.5) is 0 Å². The van der Waals surface area contributed by atoms with Crippen LogP contribution in [-0.4, -0.2) is 28.4 Å². The molecule has 0 amide bonds. The molecule has 2 N–H and O–H groups in total. The van der Waals surface area contributed by atoms with E-state index in [1.165, 1.54) is 0 Å². The van der Waals surface area contributed by atoms with Gasteiger partial charge in [0.05, 0.1) is 10.7 Å². The minimum atomic E-state index is -4.32. The van der Waals surface area contributed by atoms with E-state index in [0.29, 0.717) is 0 Å². The summed E-state index contributed by atoms with van der Waals surface area (Å²) in [7, 11) is -4.32. The van der Waals surface area contributed by atoms with Crippen LogP contribution in [0, 0.1) is 4.51 Å². The maximum Gasteiger partial charge on any atom is 0.315 e. The van der Waals surface area contributed by atoms with Gasteiger partial charge < -0.3 is 0 Å². The molecule has 0 bridgehead atoms. The lowest BCUT2D eigenvalue weighted by Gasteiger charge is -1.91. The molecule has 0 aliphatic heterocycles. The molecule has 1 aromatic heterocycles. The van der Waals surface area contributed by atoms with E-state index < -0.39 is 15.1 Å². The average molecular weight is 193 g/mol. The molecule has 0 fully saturated rings. The zero-order valence-corrected chi connectivity index (χ0v) is 6.68. The van der Waals surface area contributed by atoms with Gasteiger partial charge in [-0.3, -0.25) is 4.55 Å². The van der Waals surface area contributed by atoms with Crippen molar-refractivity contribution >= 4 is 22.3 Å². The lowest BCUT2D eigenvalue weighted by Crippen LogP contribution is -2.04. The van der Waals surface area contributed by atoms with Gasteiger partial charge in [0.15, 0.2) is 0 Å². The van der Waals surface area contributed by atoms with E-state index in [9.17, 15) is 8.42 Å². The zero-order valence-electron chi connectivity index (χ0n) is 5.05. The van der Waals surface area contributed by atoms with Crippen LogP contribution >= 0.6 is 12.2 Å². The minimum Gasteiger partial charge on any atom is -0.281 e. The van der Waals surface area contributed by atoms with Crippen molar-refractivity contribution in [1.82, 2.24) is 15.4 Å². The Bertz CT molecular complexity index is 408. The molecule has 0 spiro atoms. The normalized spacial score (nSPS) is 11.4. The summed E-state index contributed by atoms with van der Waals surface area (Å²) in [4.78, 5) is 0. The quantitative estimate of drug-likeness (QED) is 0.473. The molecule has 0 saturated carbocycles. The summed E-state index contributed by atoms with van der Waals surface area (Å²) in [6.07, 6.45) is 1.07. The third kappa shape index (κ3) is 1.79. The van der Waals surface area contributed by atoms with E-state index in [1.807, 2.05) is 5.21 Å². The summed E-state index contributed by atoms with van der Waals surface area (Å²) in [5.74, 6) is 0. The predicted molar refractivity (Wildman–Crippen MR) is 37.0 cm³/mol. The van der Waals surface area contributed by atoms with Crippen molar-refractivity contribution < 1.29 is 13.0 Å². The van der Waals surface area contributed by atoms with Crippen molar-refractivity contribution in [2.45, 2.75) is 5.03 Å². The minimum absolute atomic E-state index is 0.119. The number of aromatic amines is 1. The first-order valence-corrected chi connectivity index (χ1v) is 4.24. The van der Waals surface area contributed by atoms with Crippen molar-refractivity contribution in [3.63, 3.8) is 0 Å². The van der Waals surface area contributed by atoms with Gasteiger partial charge in [-0.1, -0.05) is 12.2 Å². The van der Waals surface area contributed by atoms with Gasteiger partial charge in [0.25, 0.3) is 0 Å². The van der Waals surface area contributed by atoms with Gasteiger partial charge in [0, 0.05) is 0 Å². The first-order valence-electron chi connectivity index (χ1n) is 2.39. The van der Waals surface area contributed by atoms with Crippen LogP contribution in [0.3, 0.4) is 0 Å². The number of hydrogen-bond acceptors (Lipinski definition) is 5. The van der Waals surface area contributed by atoms with Gasteiger partial charge >= 0.3 is 10.1 Å². The Hall–Kier alpha value is -0.860. The molecule has 0 aliphatic carbocycles. The zero-order chi connectivity index (χ0) is 8.48. The summed E-state index contributed by atoms with van der Waals surface area (Å²) in [6, 6.07) is 0. The Kier molecular flexibility index (Phi) is 1.98. The van der Waals surface area contributed by atoms with Crippen LogP contribution in [-0.2, 0) is 10.1 Å². The molecule has 0 aromatic carbocycles. The monoisotopic (exact) mass is 193 g/mol. The van der Waals surface area contributed by atoms with Crippen LogP contribution < -0.4 is 0 Å². The van der Waals surface area contributed by atoms with Gasteiger partial charge in [-0.15, -0.1) is 5.10 Å². The molecule has 0 saturated heterocycles. The Morgan fingerprint density at radius 2 is 2.27 bits per heavy atom. The highest BCUT2D eigenvalue weighted by Gasteiger charge is 2.12. The van der Waals surface area contributed by atoms with Gasteiger partial charge in [-0.25, -0.2) is 0 Å². The SMILES string of the molecule is O=S(=O)(O)c1n[nH]ncc1=S. The lowest BCUT2D eigenvalue weighted by atomic mass is 10.7. The summed E-state index contributed by atoms with van der Waals surface area (Å²) in [6.45, 7) is 0. The van der Waals surface area contributed by atoms with Crippen molar-refractivity contribution in [2.75, 3.05) is 0 Å². The third-order valence-electron chi connectivity index (χ3n) is 0.846. The summed E-state index contributed by atoms with van der Waals surface area (Å²) in [5, 5.41) is 7.94. The fraction of sp³-hybridized carbons (Fsp3) is 0. The molecule has 6 nitrogen and oxygen atoms in total. The molecular weight excluding hydrogens is 190 g/mol. The highest BCUT2D eigenvalue weighted by molar-refractivity contribution is 7.86. The molecule has 1 rings (SSSR count). The molecule has 0 radical (unpaired) electrons. The first-order chi connectivity index (χ1) is 5.02. The number of aromatic nitrogens is 3. The Morgan fingerprint density at radius 1 is 1.64 bits per heavy atom. The summed E-state index contributed by atoms with van der Waals surface area (Å²) in [5.41, 5.74) is 0. The second-order valence-corrected chi connectivity index (χ2v) is 3.39. The molecule has 0 unspecified atom stereocenters. The lowest BCUT2D eigenvalue weighted by molar-refractivity contribution is 0.475. The molecule has 0 aliphatic rings. The molecule has 11 heavy (non-hydrogen) atoms. The van der Waals surface area contributed by atoms with Crippen molar-refractivity contribution in [3.8, 4) is 0 Å². The number of hydrogen-bond donors (Lipinski definition) is 2. The Morgan fingerprint density at radius 3 is 2.64 bits per heavy atom.